The average Bonchev–Trinajstić information content (AvgIpc) is 2.02. The summed E-state index contributed by atoms with van der Waals surface area (Å²) >= 11 is 11.3. The highest BCUT2D eigenvalue weighted by atomic mass is 35.5. The minimum atomic E-state index is 0.0349. The van der Waals surface area contributed by atoms with Crippen LogP contribution in [0.1, 0.15) is 5.56 Å². The van der Waals surface area contributed by atoms with Gasteiger partial charge < -0.3 is 4.90 Å². The van der Waals surface area contributed by atoms with Gasteiger partial charge in [-0.15, -0.1) is 0 Å². The molecule has 1 heterocycles. The van der Waals surface area contributed by atoms with Crippen LogP contribution in [-0.4, -0.2) is 24.1 Å². The van der Waals surface area contributed by atoms with Gasteiger partial charge in [0.2, 0.25) is 5.28 Å². The SMILES string of the molecule is CN(C)c1nc(Cl)nc(Cl)c1C#N. The molecule has 0 aliphatic heterocycles. The molecule has 0 aliphatic carbocycles. The maximum Gasteiger partial charge on any atom is 0.225 e. The van der Waals surface area contributed by atoms with Gasteiger partial charge in [-0.3, -0.25) is 0 Å². The smallest absolute Gasteiger partial charge is 0.225 e. The van der Waals surface area contributed by atoms with Crippen LogP contribution in [0.5, 0.6) is 0 Å². The van der Waals surface area contributed by atoms with Crippen LogP contribution in [0.3, 0.4) is 0 Å². The van der Waals surface area contributed by atoms with Crippen LogP contribution >= 0.6 is 23.2 Å². The van der Waals surface area contributed by atoms with E-state index in [1.165, 1.54) is 0 Å². The fourth-order valence-electron chi connectivity index (χ4n) is 0.817. The van der Waals surface area contributed by atoms with Crippen molar-refractivity contribution in [2.24, 2.45) is 0 Å². The predicted molar refractivity (Wildman–Crippen MR) is 51.1 cm³/mol. The first-order valence-corrected chi connectivity index (χ1v) is 4.12. The summed E-state index contributed by atoms with van der Waals surface area (Å²) in [5.74, 6) is 0.424. The third-order valence-electron chi connectivity index (χ3n) is 1.35. The Hall–Kier alpha value is -1.05. The molecule has 4 nitrogen and oxygen atoms in total. The number of hydrogen-bond donors (Lipinski definition) is 0. The molecule has 0 aliphatic rings. The molecule has 0 atom stereocenters. The molecule has 0 amide bonds. The first kappa shape index (κ1) is 10.0. The number of nitriles is 1. The molecule has 6 heteroatoms. The van der Waals surface area contributed by atoms with Crippen LogP contribution in [0.4, 0.5) is 5.82 Å². The number of nitrogens with zero attached hydrogens (tertiary/aromatic N) is 4. The Morgan fingerprint density at radius 2 is 1.92 bits per heavy atom. The number of rotatable bonds is 1. The molecule has 1 rings (SSSR count). The van der Waals surface area contributed by atoms with Crippen LogP contribution in [0.25, 0.3) is 0 Å². The minimum Gasteiger partial charge on any atom is -0.361 e. The van der Waals surface area contributed by atoms with E-state index in [-0.39, 0.29) is 16.0 Å². The number of aromatic nitrogens is 2. The number of halogens is 2. The van der Waals surface area contributed by atoms with Crippen molar-refractivity contribution in [1.82, 2.24) is 9.97 Å². The number of anilines is 1. The highest BCUT2D eigenvalue weighted by Gasteiger charge is 2.12. The average molecular weight is 217 g/mol. The van der Waals surface area contributed by atoms with Gasteiger partial charge in [-0.05, 0) is 11.6 Å². The lowest BCUT2D eigenvalue weighted by atomic mass is 10.3. The first-order valence-electron chi connectivity index (χ1n) is 3.36. The van der Waals surface area contributed by atoms with Crippen molar-refractivity contribution < 1.29 is 0 Å². The summed E-state index contributed by atoms with van der Waals surface area (Å²) in [6, 6.07) is 1.92. The lowest BCUT2D eigenvalue weighted by Gasteiger charge is -2.12. The summed E-state index contributed by atoms with van der Waals surface area (Å²) in [5, 5.41) is 8.86. The Morgan fingerprint density at radius 1 is 1.31 bits per heavy atom. The van der Waals surface area contributed by atoms with E-state index in [1.807, 2.05) is 6.07 Å². The van der Waals surface area contributed by atoms with E-state index in [2.05, 4.69) is 9.97 Å². The monoisotopic (exact) mass is 216 g/mol. The zero-order valence-electron chi connectivity index (χ0n) is 7.04. The molecule has 0 radical (unpaired) electrons. The molecular weight excluding hydrogens is 211 g/mol. The van der Waals surface area contributed by atoms with E-state index in [1.54, 1.807) is 19.0 Å². The highest BCUT2D eigenvalue weighted by molar-refractivity contribution is 6.33. The fraction of sp³-hybridized carbons (Fsp3) is 0.286. The molecule has 0 saturated carbocycles. The molecule has 1 aromatic rings. The van der Waals surface area contributed by atoms with E-state index in [9.17, 15) is 0 Å². The Labute approximate surface area is 85.7 Å². The van der Waals surface area contributed by atoms with Crippen molar-refractivity contribution in [2.45, 2.75) is 0 Å². The standard InChI is InChI=1S/C7H6Cl2N4/c1-13(2)6-4(3-10)5(8)11-7(9)12-6/h1-2H3. The largest absolute Gasteiger partial charge is 0.361 e. The van der Waals surface area contributed by atoms with E-state index in [0.29, 0.717) is 5.82 Å². The summed E-state index contributed by atoms with van der Waals surface area (Å²) in [7, 11) is 3.49. The lowest BCUT2D eigenvalue weighted by molar-refractivity contribution is 1.03. The molecule has 0 fully saturated rings. The van der Waals surface area contributed by atoms with Crippen LogP contribution < -0.4 is 4.90 Å². The van der Waals surface area contributed by atoms with Gasteiger partial charge in [0.1, 0.15) is 11.6 Å². The van der Waals surface area contributed by atoms with E-state index >= 15 is 0 Å². The lowest BCUT2D eigenvalue weighted by Crippen LogP contribution is -2.13. The van der Waals surface area contributed by atoms with Crippen LogP contribution in [-0.2, 0) is 0 Å². The maximum atomic E-state index is 8.75. The van der Waals surface area contributed by atoms with Crippen molar-refractivity contribution >= 4 is 29.0 Å². The molecule has 13 heavy (non-hydrogen) atoms. The van der Waals surface area contributed by atoms with Crippen LogP contribution in [0, 0.1) is 11.3 Å². The first-order chi connectivity index (χ1) is 6.06. The van der Waals surface area contributed by atoms with Gasteiger partial charge in [-0.25, -0.2) is 4.98 Å². The summed E-state index contributed by atoms with van der Waals surface area (Å²) in [6.07, 6.45) is 0. The van der Waals surface area contributed by atoms with Gasteiger partial charge in [0.25, 0.3) is 0 Å². The highest BCUT2D eigenvalue weighted by Crippen LogP contribution is 2.23. The molecule has 0 spiro atoms. The zero-order valence-corrected chi connectivity index (χ0v) is 8.56. The van der Waals surface area contributed by atoms with Crippen molar-refractivity contribution in [2.75, 3.05) is 19.0 Å². The van der Waals surface area contributed by atoms with Crippen molar-refractivity contribution in [3.63, 3.8) is 0 Å². The Bertz CT molecular complexity index is 369. The predicted octanol–water partition coefficient (Wildman–Crippen LogP) is 1.72. The zero-order chi connectivity index (χ0) is 10.0. The summed E-state index contributed by atoms with van der Waals surface area (Å²) in [4.78, 5) is 9.19. The minimum absolute atomic E-state index is 0.0349. The van der Waals surface area contributed by atoms with Gasteiger partial charge >= 0.3 is 0 Å². The topological polar surface area (TPSA) is 52.8 Å². The summed E-state index contributed by atoms with van der Waals surface area (Å²) in [5.41, 5.74) is 0.232. The number of hydrogen-bond acceptors (Lipinski definition) is 4. The second-order valence-electron chi connectivity index (χ2n) is 2.49. The molecule has 0 aromatic carbocycles. The van der Waals surface area contributed by atoms with Gasteiger partial charge in [-0.2, -0.15) is 10.2 Å². The third-order valence-corrected chi connectivity index (χ3v) is 1.80. The second-order valence-corrected chi connectivity index (χ2v) is 3.18. The van der Waals surface area contributed by atoms with E-state index < -0.39 is 0 Å². The summed E-state index contributed by atoms with van der Waals surface area (Å²) in [6.45, 7) is 0. The second kappa shape index (κ2) is 3.77. The molecule has 0 N–H and O–H groups in total. The normalized spacial score (nSPS) is 9.46. The van der Waals surface area contributed by atoms with Crippen molar-refractivity contribution in [3.8, 4) is 6.07 Å². The van der Waals surface area contributed by atoms with Gasteiger partial charge in [0, 0.05) is 14.1 Å². The van der Waals surface area contributed by atoms with Gasteiger partial charge in [0.05, 0.1) is 0 Å². The molecule has 68 valence electrons. The van der Waals surface area contributed by atoms with Crippen molar-refractivity contribution in [1.29, 1.82) is 5.26 Å². The van der Waals surface area contributed by atoms with Crippen LogP contribution in [0.2, 0.25) is 10.4 Å². The van der Waals surface area contributed by atoms with E-state index in [0.717, 1.165) is 0 Å². The summed E-state index contributed by atoms with van der Waals surface area (Å²) < 4.78 is 0. The van der Waals surface area contributed by atoms with E-state index in [4.69, 9.17) is 28.5 Å². The molecule has 1 aromatic heterocycles. The molecule has 0 saturated heterocycles. The van der Waals surface area contributed by atoms with Gasteiger partial charge in [-0.1, -0.05) is 11.6 Å². The van der Waals surface area contributed by atoms with Crippen molar-refractivity contribution in [3.05, 3.63) is 16.0 Å². The molecular formula is C7H6Cl2N4. The quantitative estimate of drug-likeness (QED) is 0.530. The maximum absolute atomic E-state index is 8.75. The Morgan fingerprint density at radius 3 is 2.38 bits per heavy atom. The molecule has 0 bridgehead atoms. The Kier molecular flexibility index (Phi) is 2.91. The fourth-order valence-corrected chi connectivity index (χ4v) is 1.23. The third kappa shape index (κ3) is 2.00. The molecule has 0 unspecified atom stereocenters. The van der Waals surface area contributed by atoms with Gasteiger partial charge in [0.15, 0.2) is 11.0 Å². The Balaban J connectivity index is 3.41. The van der Waals surface area contributed by atoms with Crippen LogP contribution in [0.15, 0.2) is 0 Å².